The lowest BCUT2D eigenvalue weighted by Gasteiger charge is -2.47. The molecule has 16 nitrogen and oxygen atoms in total. The Bertz CT molecular complexity index is 1810. The predicted molar refractivity (Wildman–Crippen MR) is 239 cm³/mol. The maximum atomic E-state index is 14.4. The molecule has 2 aliphatic rings. The number of carbonyl (C=O) groups excluding carboxylic acids is 2. The van der Waals surface area contributed by atoms with E-state index < -0.39 is 83.6 Å². The predicted octanol–water partition coefficient (Wildman–Crippen LogP) is 4.73. The summed E-state index contributed by atoms with van der Waals surface area (Å²) in [5, 5.41) is 53.1. The molecule has 16 heteroatoms. The number of rotatable bonds is 14. The van der Waals surface area contributed by atoms with Gasteiger partial charge in [-0.15, -0.1) is 0 Å². The highest BCUT2D eigenvalue weighted by Gasteiger charge is 2.52. The summed E-state index contributed by atoms with van der Waals surface area (Å²) in [5.74, 6) is -4.27. The van der Waals surface area contributed by atoms with Crippen molar-refractivity contribution in [3.8, 4) is 17.2 Å². The third kappa shape index (κ3) is 12.6. The van der Waals surface area contributed by atoms with Crippen LogP contribution in [0.15, 0.2) is 47.6 Å². The van der Waals surface area contributed by atoms with Crippen molar-refractivity contribution >= 4 is 17.7 Å². The second kappa shape index (κ2) is 22.9. The molecule has 2 saturated heterocycles. The first kappa shape index (κ1) is 52.6. The quantitative estimate of drug-likeness (QED) is 0.115. The van der Waals surface area contributed by atoms with Crippen molar-refractivity contribution in [3.05, 3.63) is 53.6 Å². The number of aliphatic hydroxyl groups excluding tert-OH is 2. The Morgan fingerprint density at radius 1 is 0.922 bits per heavy atom. The number of hydrogen-bond donors (Lipinski definition) is 4. The lowest BCUT2D eigenvalue weighted by Crippen LogP contribution is -2.60. The highest BCUT2D eigenvalue weighted by atomic mass is 16.7. The standard InChI is InChI=1S/C48H74N2O14/c1-14-37-48(8,56)43(53)29(4)39(49-60-21-20-32-18-16-15-17-19-32)27(2)26-47(7,55)44(64-46-40(52)34(50(9)10)22-28(3)61-46)30(5)41(31(6)45(54)62-37)63-38(51)25-33-23-35(57-11)42(59-13)36(24-33)58-12/h15-19,23-24,27-31,34,37,40-41,43-44,46,52-53,55-56H,14,20-22,25-26H2,1-13H3/b49-39+/t27-,28+,29-,30-,31+,34-,37+,40+,41-,43+,44+,46-,47-,48+/m0/s1. The van der Waals surface area contributed by atoms with Crippen molar-refractivity contribution in [2.75, 3.05) is 42.0 Å². The molecule has 2 aromatic rings. The molecule has 14 atom stereocenters. The van der Waals surface area contributed by atoms with E-state index >= 15 is 0 Å². The summed E-state index contributed by atoms with van der Waals surface area (Å²) in [6, 6.07) is 12.6. The molecule has 0 aliphatic carbocycles. The molecule has 0 spiro atoms. The molecule has 0 amide bonds. The maximum Gasteiger partial charge on any atom is 0.312 e. The van der Waals surface area contributed by atoms with Gasteiger partial charge < -0.3 is 63.3 Å². The normalized spacial score (nSPS) is 35.0. The summed E-state index contributed by atoms with van der Waals surface area (Å²) in [7, 11) is 8.08. The van der Waals surface area contributed by atoms with Crippen LogP contribution >= 0.6 is 0 Å². The Morgan fingerprint density at radius 3 is 2.11 bits per heavy atom. The molecule has 0 radical (unpaired) electrons. The minimum atomic E-state index is -2.00. The van der Waals surface area contributed by atoms with Gasteiger partial charge in [-0.1, -0.05) is 63.2 Å². The first-order valence-corrected chi connectivity index (χ1v) is 22.3. The van der Waals surface area contributed by atoms with Crippen LogP contribution in [-0.2, 0) is 46.2 Å². The smallest absolute Gasteiger partial charge is 0.312 e. The third-order valence-electron chi connectivity index (χ3n) is 12.9. The Labute approximate surface area is 379 Å². The summed E-state index contributed by atoms with van der Waals surface area (Å²) in [6.45, 7) is 13.5. The van der Waals surface area contributed by atoms with Crippen LogP contribution < -0.4 is 14.2 Å². The van der Waals surface area contributed by atoms with Crippen molar-refractivity contribution in [2.45, 2.75) is 148 Å². The molecular formula is C48H74N2O14. The molecule has 360 valence electrons. The average Bonchev–Trinajstić information content (AvgIpc) is 3.25. The molecule has 2 aromatic carbocycles. The molecule has 2 fully saturated rings. The van der Waals surface area contributed by atoms with Gasteiger partial charge in [0, 0.05) is 30.2 Å². The van der Waals surface area contributed by atoms with Gasteiger partial charge in [0.05, 0.1) is 63.3 Å². The molecule has 0 unspecified atom stereocenters. The van der Waals surface area contributed by atoms with Crippen molar-refractivity contribution in [3.63, 3.8) is 0 Å². The molecule has 2 aliphatic heterocycles. The van der Waals surface area contributed by atoms with E-state index in [1.807, 2.05) is 63.2 Å². The molecule has 4 rings (SSSR count). The van der Waals surface area contributed by atoms with Gasteiger partial charge in [0.25, 0.3) is 0 Å². The molecule has 0 saturated carbocycles. The summed E-state index contributed by atoms with van der Waals surface area (Å²) < 4.78 is 41.7. The Balaban J connectivity index is 1.84. The lowest BCUT2D eigenvalue weighted by molar-refractivity contribution is -0.299. The Hall–Kier alpha value is -4.03. The molecule has 0 aromatic heterocycles. The summed E-state index contributed by atoms with van der Waals surface area (Å²) in [6.07, 6.45) is -7.22. The third-order valence-corrected chi connectivity index (χ3v) is 12.9. The van der Waals surface area contributed by atoms with Crippen LogP contribution in [0.2, 0.25) is 0 Å². The van der Waals surface area contributed by atoms with Crippen LogP contribution in [0, 0.1) is 23.7 Å². The van der Waals surface area contributed by atoms with Crippen LogP contribution in [0.1, 0.15) is 85.8 Å². The second-order valence-corrected chi connectivity index (χ2v) is 18.3. The van der Waals surface area contributed by atoms with Gasteiger partial charge in [-0.05, 0) is 84.3 Å². The number of cyclic esters (lactones) is 1. The van der Waals surface area contributed by atoms with Gasteiger partial charge in [-0.25, -0.2) is 0 Å². The van der Waals surface area contributed by atoms with Gasteiger partial charge in [0.15, 0.2) is 17.8 Å². The van der Waals surface area contributed by atoms with Crippen molar-refractivity contribution < 1.29 is 68.0 Å². The van der Waals surface area contributed by atoms with Gasteiger partial charge in [-0.2, -0.15) is 0 Å². The van der Waals surface area contributed by atoms with Crippen LogP contribution in [-0.4, -0.2) is 145 Å². The Morgan fingerprint density at radius 2 is 1.55 bits per heavy atom. The molecule has 2 heterocycles. The van der Waals surface area contributed by atoms with E-state index in [9.17, 15) is 30.0 Å². The van der Waals surface area contributed by atoms with Gasteiger partial charge in [0.1, 0.15) is 30.5 Å². The summed E-state index contributed by atoms with van der Waals surface area (Å²) in [5.41, 5.74) is -1.99. The summed E-state index contributed by atoms with van der Waals surface area (Å²) >= 11 is 0. The number of likely N-dealkylation sites (N-methyl/N-ethyl adjacent to an activating group) is 1. The fourth-order valence-corrected chi connectivity index (χ4v) is 9.32. The summed E-state index contributed by atoms with van der Waals surface area (Å²) in [4.78, 5) is 36.3. The minimum absolute atomic E-state index is 0.0558. The van der Waals surface area contributed by atoms with Crippen molar-refractivity contribution in [2.24, 2.45) is 28.8 Å². The zero-order valence-electron chi connectivity index (χ0n) is 40.0. The highest BCUT2D eigenvalue weighted by Crippen LogP contribution is 2.41. The number of benzene rings is 2. The molecule has 64 heavy (non-hydrogen) atoms. The molecule has 4 N–H and O–H groups in total. The van der Waals surface area contributed by atoms with E-state index in [4.69, 9.17) is 38.0 Å². The zero-order valence-corrected chi connectivity index (χ0v) is 40.0. The maximum absolute atomic E-state index is 14.4. The lowest BCUT2D eigenvalue weighted by atomic mass is 9.73. The average molecular weight is 903 g/mol. The highest BCUT2D eigenvalue weighted by molar-refractivity contribution is 5.89. The number of oxime groups is 1. The van der Waals surface area contributed by atoms with Crippen LogP contribution in [0.5, 0.6) is 17.2 Å². The first-order chi connectivity index (χ1) is 30.1. The van der Waals surface area contributed by atoms with Gasteiger partial charge in [-0.3, -0.25) is 9.59 Å². The fraction of sp³-hybridized carbons (Fsp3) is 0.688. The number of ether oxygens (including phenoxy) is 7. The zero-order chi connectivity index (χ0) is 47.7. The fourth-order valence-electron chi connectivity index (χ4n) is 9.32. The number of carbonyl (C=O) groups is 2. The van der Waals surface area contributed by atoms with Crippen LogP contribution in [0.4, 0.5) is 0 Å². The van der Waals surface area contributed by atoms with E-state index in [0.717, 1.165) is 5.56 Å². The van der Waals surface area contributed by atoms with E-state index in [1.165, 1.54) is 35.2 Å². The number of hydrogen-bond acceptors (Lipinski definition) is 16. The van der Waals surface area contributed by atoms with Crippen molar-refractivity contribution in [1.29, 1.82) is 0 Å². The van der Waals surface area contributed by atoms with E-state index in [2.05, 4.69) is 5.16 Å². The number of nitrogens with zero attached hydrogens (tertiary/aromatic N) is 2. The van der Waals surface area contributed by atoms with Crippen LogP contribution in [0.3, 0.4) is 0 Å². The number of esters is 2. The minimum Gasteiger partial charge on any atom is -0.493 e. The largest absolute Gasteiger partial charge is 0.493 e. The molecule has 0 bridgehead atoms. The molecular weight excluding hydrogens is 829 g/mol. The topological polar surface area (TPSA) is 204 Å². The monoisotopic (exact) mass is 903 g/mol. The number of aliphatic hydroxyl groups is 4. The van der Waals surface area contributed by atoms with E-state index in [1.54, 1.807) is 39.8 Å². The second-order valence-electron chi connectivity index (χ2n) is 18.3. The van der Waals surface area contributed by atoms with Crippen molar-refractivity contribution in [1.82, 2.24) is 4.90 Å². The van der Waals surface area contributed by atoms with Gasteiger partial charge in [0.2, 0.25) is 5.75 Å². The van der Waals surface area contributed by atoms with Crippen LogP contribution in [0.25, 0.3) is 0 Å². The first-order valence-electron chi connectivity index (χ1n) is 22.3. The van der Waals surface area contributed by atoms with E-state index in [-0.39, 0.29) is 38.0 Å². The SMILES string of the molecule is CC[C@H]1OC(=O)[C@H](C)[C@@H](OC(=O)Cc2cc(OC)c(OC)c(OC)c2)[C@H](C)[C@@H](O[C@@H]2O[C@H](C)C[C@H](N(C)C)[C@H]2O)[C@@](C)(O)C[C@H](C)/C(=N\OCCc2ccccc2)[C@H](C)[C@@H](O)[C@]1(C)O. The number of methoxy groups -OCH3 is 3. The van der Waals surface area contributed by atoms with Gasteiger partial charge >= 0.3 is 11.9 Å². The Kier molecular flexibility index (Phi) is 18.8. The van der Waals surface area contributed by atoms with E-state index in [0.29, 0.717) is 41.4 Å².